The van der Waals surface area contributed by atoms with Gasteiger partial charge in [-0.3, -0.25) is 4.79 Å². The quantitative estimate of drug-likeness (QED) is 0.426. The van der Waals surface area contributed by atoms with Gasteiger partial charge in [0.05, 0.1) is 10.7 Å². The van der Waals surface area contributed by atoms with Gasteiger partial charge in [-0.1, -0.05) is 53.3 Å². The van der Waals surface area contributed by atoms with E-state index in [2.05, 4.69) is 20.6 Å². The van der Waals surface area contributed by atoms with Crippen LogP contribution in [0.25, 0.3) is 25.6 Å². The van der Waals surface area contributed by atoms with Crippen molar-refractivity contribution in [3.05, 3.63) is 64.3 Å². The molecular weight excluding hydrogens is 414 g/mol. The van der Waals surface area contributed by atoms with E-state index in [4.69, 9.17) is 11.6 Å². The van der Waals surface area contributed by atoms with Crippen LogP contribution in [0.2, 0.25) is 5.02 Å². The third-order valence-corrected chi connectivity index (χ3v) is 6.90. The molecule has 0 unspecified atom stereocenters. The van der Waals surface area contributed by atoms with Crippen LogP contribution in [-0.2, 0) is 0 Å². The Morgan fingerprint density at radius 3 is 2.68 bits per heavy atom. The van der Waals surface area contributed by atoms with Crippen LogP contribution in [0.3, 0.4) is 0 Å². The molecule has 0 radical (unpaired) electrons. The number of aryl methyl sites for hydroxylation is 1. The van der Waals surface area contributed by atoms with Crippen LogP contribution in [0.4, 0.5) is 5.69 Å². The molecule has 3 aromatic heterocycles. The third kappa shape index (κ3) is 2.77. The van der Waals surface area contributed by atoms with Gasteiger partial charge < -0.3 is 5.32 Å². The molecule has 0 spiro atoms. The number of thiophene rings is 1. The molecule has 1 amide bonds. The van der Waals surface area contributed by atoms with Crippen LogP contribution < -0.4 is 5.32 Å². The Labute approximate surface area is 172 Å². The van der Waals surface area contributed by atoms with E-state index in [1.165, 1.54) is 22.7 Å². The van der Waals surface area contributed by atoms with Gasteiger partial charge in [-0.25, -0.2) is 0 Å². The van der Waals surface area contributed by atoms with Crippen molar-refractivity contribution in [2.24, 2.45) is 0 Å². The second kappa shape index (κ2) is 6.66. The fourth-order valence-corrected chi connectivity index (χ4v) is 5.28. The zero-order chi connectivity index (χ0) is 19.3. The molecule has 9 heteroatoms. The Kier molecular flexibility index (Phi) is 4.12. The molecule has 5 aromatic rings. The van der Waals surface area contributed by atoms with Crippen molar-refractivity contribution in [3.63, 3.8) is 0 Å². The van der Waals surface area contributed by atoms with Crippen molar-refractivity contribution in [1.29, 1.82) is 0 Å². The standard InChI is InChI=1S/C19H12ClN5OS2/c1-10-22-23-19-25(10)24-18(28-19)11-6-2-4-8-13(11)21-17(26)16-15(20)12-7-3-5-9-14(12)27-16/h2-9H,1H3,(H,21,26). The fraction of sp³-hybridized carbons (Fsp3) is 0.0526. The van der Waals surface area contributed by atoms with E-state index < -0.39 is 0 Å². The minimum absolute atomic E-state index is 0.238. The summed E-state index contributed by atoms with van der Waals surface area (Å²) in [5.74, 6) is 0.480. The van der Waals surface area contributed by atoms with Crippen molar-refractivity contribution < 1.29 is 4.79 Å². The van der Waals surface area contributed by atoms with E-state index in [1.807, 2.05) is 55.5 Å². The van der Waals surface area contributed by atoms with Crippen LogP contribution >= 0.6 is 34.3 Å². The van der Waals surface area contributed by atoms with Gasteiger partial charge in [-0.05, 0) is 25.1 Å². The third-order valence-electron chi connectivity index (χ3n) is 4.29. The zero-order valence-electron chi connectivity index (χ0n) is 14.5. The maximum absolute atomic E-state index is 12.9. The number of para-hydroxylation sites is 1. The molecule has 0 aliphatic heterocycles. The lowest BCUT2D eigenvalue weighted by molar-refractivity contribution is 0.103. The van der Waals surface area contributed by atoms with E-state index in [0.29, 0.717) is 20.5 Å². The highest BCUT2D eigenvalue weighted by molar-refractivity contribution is 7.21. The minimum Gasteiger partial charge on any atom is -0.321 e. The van der Waals surface area contributed by atoms with Gasteiger partial charge in [0.15, 0.2) is 5.82 Å². The Bertz CT molecular complexity index is 1350. The van der Waals surface area contributed by atoms with Crippen LogP contribution in [0.5, 0.6) is 0 Å². The van der Waals surface area contributed by atoms with E-state index in [0.717, 1.165) is 26.5 Å². The molecule has 0 saturated carbocycles. The minimum atomic E-state index is -0.238. The lowest BCUT2D eigenvalue weighted by Crippen LogP contribution is -2.11. The highest BCUT2D eigenvalue weighted by Crippen LogP contribution is 2.37. The number of aromatic nitrogens is 4. The first-order valence-corrected chi connectivity index (χ1v) is 10.4. The summed E-state index contributed by atoms with van der Waals surface area (Å²) in [6.45, 7) is 1.85. The maximum atomic E-state index is 12.9. The summed E-state index contributed by atoms with van der Waals surface area (Å²) in [5.41, 5.74) is 1.49. The molecule has 0 fully saturated rings. The molecule has 0 bridgehead atoms. The fourth-order valence-electron chi connectivity index (χ4n) is 2.94. The predicted molar refractivity (Wildman–Crippen MR) is 114 cm³/mol. The van der Waals surface area contributed by atoms with Crippen molar-refractivity contribution in [2.75, 3.05) is 5.32 Å². The lowest BCUT2D eigenvalue weighted by Gasteiger charge is -2.08. The number of benzene rings is 2. The molecular formula is C19H12ClN5OS2. The first-order chi connectivity index (χ1) is 13.6. The summed E-state index contributed by atoms with van der Waals surface area (Å²) in [7, 11) is 0. The summed E-state index contributed by atoms with van der Waals surface area (Å²) in [6, 6.07) is 15.3. The summed E-state index contributed by atoms with van der Waals surface area (Å²) in [6.07, 6.45) is 0. The zero-order valence-corrected chi connectivity index (χ0v) is 16.9. The van der Waals surface area contributed by atoms with Gasteiger partial charge in [0.1, 0.15) is 9.88 Å². The monoisotopic (exact) mass is 425 g/mol. The van der Waals surface area contributed by atoms with Crippen molar-refractivity contribution in [3.8, 4) is 10.6 Å². The molecule has 0 saturated heterocycles. The number of hydrogen-bond donors (Lipinski definition) is 1. The lowest BCUT2D eigenvalue weighted by atomic mass is 10.2. The molecule has 0 aliphatic carbocycles. The molecule has 0 atom stereocenters. The van der Waals surface area contributed by atoms with Gasteiger partial charge in [0.2, 0.25) is 4.96 Å². The molecule has 0 aliphatic rings. The molecule has 6 nitrogen and oxygen atoms in total. The second-order valence-corrected chi connectivity index (χ2v) is 8.48. The number of fused-ring (bicyclic) bond motifs is 2. The second-order valence-electron chi connectivity index (χ2n) is 6.09. The number of anilines is 1. The van der Waals surface area contributed by atoms with Crippen LogP contribution in [0, 0.1) is 6.92 Å². The van der Waals surface area contributed by atoms with Crippen LogP contribution in [0.15, 0.2) is 48.5 Å². The first kappa shape index (κ1) is 17.3. The molecule has 28 heavy (non-hydrogen) atoms. The SMILES string of the molecule is Cc1nnc2sc(-c3ccccc3NC(=O)c3sc4ccccc4c3Cl)nn12. The molecule has 138 valence electrons. The number of carbonyl (C=O) groups is 1. The average molecular weight is 426 g/mol. The smallest absolute Gasteiger partial charge is 0.267 e. The molecule has 5 rings (SSSR count). The average Bonchev–Trinajstić information content (AvgIpc) is 3.37. The highest BCUT2D eigenvalue weighted by Gasteiger charge is 2.19. The van der Waals surface area contributed by atoms with E-state index in [9.17, 15) is 4.79 Å². The van der Waals surface area contributed by atoms with Gasteiger partial charge in [0, 0.05) is 15.6 Å². The van der Waals surface area contributed by atoms with Crippen LogP contribution in [0.1, 0.15) is 15.5 Å². The molecule has 3 heterocycles. The Morgan fingerprint density at radius 2 is 1.86 bits per heavy atom. The Morgan fingerprint density at radius 1 is 1.07 bits per heavy atom. The van der Waals surface area contributed by atoms with Crippen molar-refractivity contribution in [2.45, 2.75) is 6.92 Å². The van der Waals surface area contributed by atoms with Gasteiger partial charge in [-0.15, -0.1) is 21.5 Å². The summed E-state index contributed by atoms with van der Waals surface area (Å²) in [5, 5.41) is 17.8. The van der Waals surface area contributed by atoms with Gasteiger partial charge >= 0.3 is 0 Å². The van der Waals surface area contributed by atoms with E-state index in [1.54, 1.807) is 4.52 Å². The molecule has 1 N–H and O–H groups in total. The van der Waals surface area contributed by atoms with Crippen molar-refractivity contribution >= 4 is 60.9 Å². The number of nitrogens with zero attached hydrogens (tertiary/aromatic N) is 4. The Balaban J connectivity index is 1.53. The number of nitrogens with one attached hydrogen (secondary N) is 1. The van der Waals surface area contributed by atoms with Crippen LogP contribution in [-0.4, -0.2) is 25.7 Å². The summed E-state index contributed by atoms with van der Waals surface area (Å²) in [4.78, 5) is 14.1. The number of rotatable bonds is 3. The summed E-state index contributed by atoms with van der Waals surface area (Å²) < 4.78 is 2.68. The van der Waals surface area contributed by atoms with Crippen molar-refractivity contribution in [1.82, 2.24) is 19.8 Å². The summed E-state index contributed by atoms with van der Waals surface area (Å²) >= 11 is 9.25. The normalized spacial score (nSPS) is 11.4. The van der Waals surface area contributed by atoms with E-state index >= 15 is 0 Å². The largest absolute Gasteiger partial charge is 0.321 e. The maximum Gasteiger partial charge on any atom is 0.267 e. The number of hydrogen-bond acceptors (Lipinski definition) is 6. The predicted octanol–water partition coefficient (Wildman–Crippen LogP) is 5.28. The van der Waals surface area contributed by atoms with Gasteiger partial charge in [-0.2, -0.15) is 9.61 Å². The van der Waals surface area contributed by atoms with E-state index in [-0.39, 0.29) is 5.91 Å². The Hall–Kier alpha value is -2.81. The van der Waals surface area contributed by atoms with Gasteiger partial charge in [0.25, 0.3) is 5.91 Å². The number of carbonyl (C=O) groups excluding carboxylic acids is 1. The topological polar surface area (TPSA) is 72.2 Å². The molecule has 2 aromatic carbocycles. The number of halogens is 1. The first-order valence-electron chi connectivity index (χ1n) is 8.38. The highest BCUT2D eigenvalue weighted by atomic mass is 35.5. The number of amides is 1.